The Bertz CT molecular complexity index is 1100. The number of nitrogens with one attached hydrogen (secondary N) is 1. The van der Waals surface area contributed by atoms with Crippen molar-refractivity contribution in [1.29, 1.82) is 5.26 Å². The number of carbonyl (C=O) groups excluding carboxylic acids is 1. The monoisotopic (exact) mass is 381 g/mol. The van der Waals surface area contributed by atoms with Gasteiger partial charge in [0.05, 0.1) is 16.8 Å². The number of fused-ring (bicyclic) bond motifs is 2. The number of benzene rings is 2. The first-order valence-corrected chi connectivity index (χ1v) is 8.93. The molecule has 0 saturated carbocycles. The Balaban J connectivity index is 1.53. The number of pyridine rings is 1. The Labute approximate surface area is 157 Å². The molecule has 0 saturated heterocycles. The van der Waals surface area contributed by atoms with Gasteiger partial charge < -0.3 is 14.8 Å². The number of nitrogens with zero attached hydrogens (tertiary/aromatic N) is 2. The highest BCUT2D eigenvalue weighted by Gasteiger charge is 2.17. The van der Waals surface area contributed by atoms with E-state index in [-0.39, 0.29) is 18.5 Å². The summed E-state index contributed by atoms with van der Waals surface area (Å²) < 4.78 is 23.9. The lowest BCUT2D eigenvalue weighted by Crippen LogP contribution is -2.14. The number of amides is 1. The van der Waals surface area contributed by atoms with E-state index in [0.717, 1.165) is 17.1 Å². The van der Waals surface area contributed by atoms with Crippen LogP contribution >= 0.6 is 11.8 Å². The Morgan fingerprint density at radius 2 is 2.07 bits per heavy atom. The van der Waals surface area contributed by atoms with E-state index in [1.165, 1.54) is 18.2 Å². The summed E-state index contributed by atoms with van der Waals surface area (Å²) in [5.41, 5.74) is 1.39. The van der Waals surface area contributed by atoms with Gasteiger partial charge in [0.1, 0.15) is 16.9 Å². The SMILES string of the molecule is N#Cc1cc2cc3c(cc2nc1SCC(=O)Nc1cccc(F)c1)OCO3. The quantitative estimate of drug-likeness (QED) is 0.694. The van der Waals surface area contributed by atoms with Crippen molar-refractivity contribution in [3.8, 4) is 17.6 Å². The van der Waals surface area contributed by atoms with Crippen molar-refractivity contribution in [3.05, 3.63) is 53.8 Å². The lowest BCUT2D eigenvalue weighted by atomic mass is 10.1. The van der Waals surface area contributed by atoms with Crippen molar-refractivity contribution in [2.24, 2.45) is 0 Å². The molecule has 4 rings (SSSR count). The minimum atomic E-state index is -0.429. The van der Waals surface area contributed by atoms with Crippen LogP contribution in [0.5, 0.6) is 11.5 Å². The number of anilines is 1. The molecule has 2 aromatic carbocycles. The molecule has 27 heavy (non-hydrogen) atoms. The van der Waals surface area contributed by atoms with Crippen LogP contribution in [0.15, 0.2) is 47.5 Å². The molecule has 3 aromatic rings. The van der Waals surface area contributed by atoms with Gasteiger partial charge in [0.15, 0.2) is 11.5 Å². The van der Waals surface area contributed by atoms with Crippen molar-refractivity contribution >= 4 is 34.3 Å². The minimum Gasteiger partial charge on any atom is -0.454 e. The van der Waals surface area contributed by atoms with E-state index in [4.69, 9.17) is 9.47 Å². The van der Waals surface area contributed by atoms with Crippen LogP contribution in [0.2, 0.25) is 0 Å². The van der Waals surface area contributed by atoms with Crippen LogP contribution in [0.1, 0.15) is 5.56 Å². The summed E-state index contributed by atoms with van der Waals surface area (Å²) in [6, 6.07) is 13.0. The molecule has 2 heterocycles. The van der Waals surface area contributed by atoms with Crippen LogP contribution in [0, 0.1) is 17.1 Å². The highest BCUT2D eigenvalue weighted by atomic mass is 32.2. The minimum absolute atomic E-state index is 0.0360. The number of aromatic nitrogens is 1. The maximum Gasteiger partial charge on any atom is 0.234 e. The molecule has 134 valence electrons. The molecular weight excluding hydrogens is 369 g/mol. The number of hydrogen-bond donors (Lipinski definition) is 1. The number of rotatable bonds is 4. The average molecular weight is 381 g/mol. The number of nitriles is 1. The first-order valence-electron chi connectivity index (χ1n) is 7.95. The Kier molecular flexibility index (Phi) is 4.52. The van der Waals surface area contributed by atoms with E-state index >= 15 is 0 Å². The molecule has 0 spiro atoms. The van der Waals surface area contributed by atoms with Gasteiger partial charge in [0, 0.05) is 17.1 Å². The highest BCUT2D eigenvalue weighted by Crippen LogP contribution is 2.36. The standard InChI is InChI=1S/C19H12FN3O3S/c20-13-2-1-3-14(6-13)22-18(24)9-27-19-12(8-21)4-11-5-16-17(26-10-25-16)7-15(11)23-19/h1-7H,9-10H2,(H,22,24). The molecule has 1 aliphatic rings. The third-order valence-electron chi connectivity index (χ3n) is 3.84. The Hall–Kier alpha value is -3.31. The van der Waals surface area contributed by atoms with E-state index in [2.05, 4.69) is 16.4 Å². The van der Waals surface area contributed by atoms with E-state index in [0.29, 0.717) is 33.3 Å². The van der Waals surface area contributed by atoms with Crippen molar-refractivity contribution in [2.75, 3.05) is 17.9 Å². The van der Waals surface area contributed by atoms with Gasteiger partial charge in [-0.15, -0.1) is 0 Å². The van der Waals surface area contributed by atoms with Gasteiger partial charge in [-0.25, -0.2) is 9.37 Å². The second-order valence-electron chi connectivity index (χ2n) is 5.70. The number of halogens is 1. The lowest BCUT2D eigenvalue weighted by Gasteiger charge is -2.08. The summed E-state index contributed by atoms with van der Waals surface area (Å²) in [5, 5.41) is 13.2. The topological polar surface area (TPSA) is 84.2 Å². The molecule has 1 aliphatic heterocycles. The summed E-state index contributed by atoms with van der Waals surface area (Å²) in [5.74, 6) is 0.501. The summed E-state index contributed by atoms with van der Waals surface area (Å²) in [6.07, 6.45) is 0. The summed E-state index contributed by atoms with van der Waals surface area (Å²) in [4.78, 5) is 16.6. The third kappa shape index (κ3) is 3.64. The third-order valence-corrected chi connectivity index (χ3v) is 4.83. The molecule has 0 atom stereocenters. The van der Waals surface area contributed by atoms with Gasteiger partial charge >= 0.3 is 0 Å². The molecule has 0 bridgehead atoms. The van der Waals surface area contributed by atoms with E-state index in [1.54, 1.807) is 24.3 Å². The number of carbonyl (C=O) groups is 1. The number of hydrogen-bond acceptors (Lipinski definition) is 6. The normalized spacial score (nSPS) is 12.0. The van der Waals surface area contributed by atoms with E-state index in [1.807, 2.05) is 0 Å². The fourth-order valence-electron chi connectivity index (χ4n) is 2.63. The smallest absolute Gasteiger partial charge is 0.234 e. The van der Waals surface area contributed by atoms with Gasteiger partial charge in [-0.05, 0) is 30.3 Å². The fraction of sp³-hybridized carbons (Fsp3) is 0.105. The molecule has 0 aliphatic carbocycles. The van der Waals surface area contributed by atoms with E-state index < -0.39 is 5.82 Å². The Morgan fingerprint density at radius 1 is 1.26 bits per heavy atom. The van der Waals surface area contributed by atoms with Gasteiger partial charge in [0.2, 0.25) is 12.7 Å². The predicted molar refractivity (Wildman–Crippen MR) is 98.3 cm³/mol. The molecule has 0 unspecified atom stereocenters. The van der Waals surface area contributed by atoms with Crippen molar-refractivity contribution in [3.63, 3.8) is 0 Å². The largest absolute Gasteiger partial charge is 0.454 e. The molecule has 0 radical (unpaired) electrons. The van der Waals surface area contributed by atoms with Gasteiger partial charge in [-0.2, -0.15) is 5.26 Å². The van der Waals surface area contributed by atoms with E-state index in [9.17, 15) is 14.4 Å². The summed E-state index contributed by atoms with van der Waals surface area (Å²) in [6.45, 7) is 0.151. The maximum atomic E-state index is 13.2. The zero-order chi connectivity index (χ0) is 18.8. The van der Waals surface area contributed by atoms with Gasteiger partial charge in [-0.3, -0.25) is 4.79 Å². The number of ether oxygens (including phenoxy) is 2. The second-order valence-corrected chi connectivity index (χ2v) is 6.66. The van der Waals surface area contributed by atoms with Crippen LogP contribution in [0.4, 0.5) is 10.1 Å². The van der Waals surface area contributed by atoms with Crippen molar-refractivity contribution in [2.45, 2.75) is 5.03 Å². The zero-order valence-corrected chi connectivity index (χ0v) is 14.7. The molecule has 6 nitrogen and oxygen atoms in total. The van der Waals surface area contributed by atoms with Crippen LogP contribution in [0.3, 0.4) is 0 Å². The van der Waals surface area contributed by atoms with Gasteiger partial charge in [0.25, 0.3) is 0 Å². The lowest BCUT2D eigenvalue weighted by molar-refractivity contribution is -0.113. The first-order chi connectivity index (χ1) is 13.1. The average Bonchev–Trinajstić information content (AvgIpc) is 3.11. The summed E-state index contributed by atoms with van der Waals surface area (Å²) in [7, 11) is 0. The molecule has 8 heteroatoms. The van der Waals surface area contributed by atoms with Crippen LogP contribution in [-0.4, -0.2) is 23.4 Å². The van der Waals surface area contributed by atoms with Crippen LogP contribution in [-0.2, 0) is 4.79 Å². The maximum absolute atomic E-state index is 13.2. The zero-order valence-electron chi connectivity index (χ0n) is 13.9. The molecular formula is C19H12FN3O3S. The van der Waals surface area contributed by atoms with Crippen LogP contribution in [0.25, 0.3) is 10.9 Å². The van der Waals surface area contributed by atoms with Crippen molar-refractivity contribution < 1.29 is 18.7 Å². The second kappa shape index (κ2) is 7.13. The van der Waals surface area contributed by atoms with Crippen LogP contribution < -0.4 is 14.8 Å². The predicted octanol–water partition coefficient (Wildman–Crippen LogP) is 3.71. The Morgan fingerprint density at radius 3 is 2.85 bits per heavy atom. The summed E-state index contributed by atoms with van der Waals surface area (Å²) >= 11 is 1.14. The van der Waals surface area contributed by atoms with Crippen molar-refractivity contribution in [1.82, 2.24) is 4.98 Å². The number of thioether (sulfide) groups is 1. The molecule has 1 aromatic heterocycles. The first kappa shape index (κ1) is 17.1. The molecule has 1 N–H and O–H groups in total. The highest BCUT2D eigenvalue weighted by molar-refractivity contribution is 8.00. The van der Waals surface area contributed by atoms with Gasteiger partial charge in [-0.1, -0.05) is 17.8 Å². The molecule has 0 fully saturated rings. The molecule has 1 amide bonds. The fourth-order valence-corrected chi connectivity index (χ4v) is 3.40.